The Hall–Kier alpha value is -1.31. The SMILES string of the molecule is C=CC[n+]1ccc(O)cc1C. The first-order valence-corrected chi connectivity index (χ1v) is 3.54. The summed E-state index contributed by atoms with van der Waals surface area (Å²) in [5, 5.41) is 9.07. The quantitative estimate of drug-likeness (QED) is 0.496. The lowest BCUT2D eigenvalue weighted by Gasteiger charge is -1.96. The molecule has 0 bridgehead atoms. The van der Waals surface area contributed by atoms with Gasteiger partial charge in [-0.25, -0.2) is 0 Å². The molecule has 1 rings (SSSR count). The minimum atomic E-state index is 0.308. The van der Waals surface area contributed by atoms with Crippen LogP contribution in [0.5, 0.6) is 5.75 Å². The van der Waals surface area contributed by atoms with Crippen LogP contribution in [0, 0.1) is 6.92 Å². The van der Waals surface area contributed by atoms with Crippen LogP contribution in [0.3, 0.4) is 0 Å². The highest BCUT2D eigenvalue weighted by Crippen LogP contribution is 2.05. The van der Waals surface area contributed by atoms with E-state index in [0.717, 1.165) is 12.2 Å². The molecule has 0 spiro atoms. The molecule has 0 radical (unpaired) electrons. The number of hydrogen-bond acceptors (Lipinski definition) is 1. The Labute approximate surface area is 66.4 Å². The van der Waals surface area contributed by atoms with Crippen molar-refractivity contribution in [3.63, 3.8) is 0 Å². The van der Waals surface area contributed by atoms with E-state index in [1.54, 1.807) is 12.1 Å². The minimum Gasteiger partial charge on any atom is -0.507 e. The maximum atomic E-state index is 9.07. The Kier molecular flexibility index (Phi) is 2.26. The first kappa shape index (κ1) is 7.79. The molecule has 0 saturated heterocycles. The number of pyridine rings is 1. The highest BCUT2D eigenvalue weighted by Gasteiger charge is 2.02. The molecule has 0 aliphatic rings. The van der Waals surface area contributed by atoms with E-state index in [1.807, 2.05) is 23.8 Å². The maximum absolute atomic E-state index is 9.07. The molecule has 1 aromatic rings. The normalized spacial score (nSPS) is 9.55. The molecule has 11 heavy (non-hydrogen) atoms. The molecule has 1 aromatic heterocycles. The third-order valence-electron chi connectivity index (χ3n) is 1.56. The summed E-state index contributed by atoms with van der Waals surface area (Å²) in [5.41, 5.74) is 1.03. The van der Waals surface area contributed by atoms with Crippen LogP contribution in [0.2, 0.25) is 0 Å². The summed E-state index contributed by atoms with van der Waals surface area (Å²) in [4.78, 5) is 0. The maximum Gasteiger partial charge on any atom is 0.182 e. The van der Waals surface area contributed by atoms with Crippen LogP contribution >= 0.6 is 0 Å². The molecule has 0 saturated carbocycles. The summed E-state index contributed by atoms with van der Waals surface area (Å²) < 4.78 is 2.01. The number of nitrogens with zero attached hydrogens (tertiary/aromatic N) is 1. The van der Waals surface area contributed by atoms with Gasteiger partial charge in [0.15, 0.2) is 18.4 Å². The number of aryl methyl sites for hydroxylation is 1. The van der Waals surface area contributed by atoms with Crippen LogP contribution in [0.25, 0.3) is 0 Å². The molecule has 2 heteroatoms. The summed E-state index contributed by atoms with van der Waals surface area (Å²) in [5.74, 6) is 0.308. The topological polar surface area (TPSA) is 24.1 Å². The smallest absolute Gasteiger partial charge is 0.182 e. The van der Waals surface area contributed by atoms with Gasteiger partial charge in [-0.3, -0.25) is 0 Å². The molecule has 0 aliphatic heterocycles. The summed E-state index contributed by atoms with van der Waals surface area (Å²) >= 11 is 0. The van der Waals surface area contributed by atoms with Crippen LogP contribution in [-0.2, 0) is 6.54 Å². The van der Waals surface area contributed by atoms with Crippen LogP contribution < -0.4 is 4.57 Å². The van der Waals surface area contributed by atoms with Gasteiger partial charge in [0.2, 0.25) is 0 Å². The Morgan fingerprint density at radius 3 is 3.00 bits per heavy atom. The van der Waals surface area contributed by atoms with E-state index < -0.39 is 0 Å². The summed E-state index contributed by atoms with van der Waals surface area (Å²) in [7, 11) is 0. The van der Waals surface area contributed by atoms with Gasteiger partial charge in [0.05, 0.1) is 0 Å². The summed E-state index contributed by atoms with van der Waals surface area (Å²) in [6.45, 7) is 6.37. The van der Waals surface area contributed by atoms with Gasteiger partial charge in [0.25, 0.3) is 0 Å². The van der Waals surface area contributed by atoms with Crippen LogP contribution in [0.15, 0.2) is 31.0 Å². The van der Waals surface area contributed by atoms with Crippen molar-refractivity contribution in [1.82, 2.24) is 0 Å². The van der Waals surface area contributed by atoms with E-state index in [1.165, 1.54) is 0 Å². The average molecular weight is 150 g/mol. The predicted molar refractivity (Wildman–Crippen MR) is 43.2 cm³/mol. The van der Waals surface area contributed by atoms with Crippen molar-refractivity contribution >= 4 is 0 Å². The first-order valence-electron chi connectivity index (χ1n) is 3.54. The van der Waals surface area contributed by atoms with Crippen molar-refractivity contribution < 1.29 is 9.67 Å². The molecule has 58 valence electrons. The third-order valence-corrected chi connectivity index (χ3v) is 1.56. The van der Waals surface area contributed by atoms with Crippen LogP contribution in [0.4, 0.5) is 0 Å². The molecular weight excluding hydrogens is 138 g/mol. The molecule has 0 amide bonds. The molecule has 0 fully saturated rings. The second-order valence-electron chi connectivity index (χ2n) is 2.47. The molecular formula is C9H12NO+. The van der Waals surface area contributed by atoms with Gasteiger partial charge < -0.3 is 5.11 Å². The van der Waals surface area contributed by atoms with E-state index in [2.05, 4.69) is 6.58 Å². The van der Waals surface area contributed by atoms with E-state index in [-0.39, 0.29) is 0 Å². The monoisotopic (exact) mass is 150 g/mol. The minimum absolute atomic E-state index is 0.308. The highest BCUT2D eigenvalue weighted by molar-refractivity contribution is 5.16. The number of allylic oxidation sites excluding steroid dienone is 1. The number of rotatable bonds is 2. The van der Waals surface area contributed by atoms with E-state index >= 15 is 0 Å². The van der Waals surface area contributed by atoms with Crippen molar-refractivity contribution in [3.8, 4) is 5.75 Å². The zero-order valence-electron chi connectivity index (χ0n) is 6.62. The van der Waals surface area contributed by atoms with E-state index in [4.69, 9.17) is 5.11 Å². The van der Waals surface area contributed by atoms with Gasteiger partial charge in [0, 0.05) is 19.1 Å². The van der Waals surface area contributed by atoms with Crippen molar-refractivity contribution in [2.75, 3.05) is 0 Å². The zero-order chi connectivity index (χ0) is 8.27. The largest absolute Gasteiger partial charge is 0.507 e. The first-order chi connectivity index (χ1) is 5.24. The third kappa shape index (κ3) is 1.80. The van der Waals surface area contributed by atoms with Gasteiger partial charge >= 0.3 is 0 Å². The number of aromatic hydroxyl groups is 1. The van der Waals surface area contributed by atoms with Crippen molar-refractivity contribution in [2.45, 2.75) is 13.5 Å². The second kappa shape index (κ2) is 3.19. The lowest BCUT2D eigenvalue weighted by molar-refractivity contribution is -0.693. The molecule has 0 aliphatic carbocycles. The lowest BCUT2D eigenvalue weighted by atomic mass is 10.3. The molecule has 0 unspecified atom stereocenters. The Morgan fingerprint density at radius 2 is 2.45 bits per heavy atom. The van der Waals surface area contributed by atoms with Crippen LogP contribution in [0.1, 0.15) is 5.69 Å². The Balaban J connectivity index is 2.98. The van der Waals surface area contributed by atoms with Crippen molar-refractivity contribution in [1.29, 1.82) is 0 Å². The van der Waals surface area contributed by atoms with Gasteiger partial charge in [0.1, 0.15) is 5.75 Å². The predicted octanol–water partition coefficient (Wildman–Crippen LogP) is 1.17. The van der Waals surface area contributed by atoms with Gasteiger partial charge in [-0.05, 0) is 6.08 Å². The van der Waals surface area contributed by atoms with Crippen molar-refractivity contribution in [3.05, 3.63) is 36.7 Å². The highest BCUT2D eigenvalue weighted by atomic mass is 16.3. The standard InChI is InChI=1S/C9H11NO/c1-3-5-10-6-4-9(11)7-8(10)2/h3-4,6-7H,1,5H2,2H3/p+1. The Morgan fingerprint density at radius 1 is 1.73 bits per heavy atom. The van der Waals surface area contributed by atoms with E-state index in [9.17, 15) is 0 Å². The van der Waals surface area contributed by atoms with Gasteiger partial charge in [-0.2, -0.15) is 4.57 Å². The molecule has 0 aromatic carbocycles. The number of hydrogen-bond donors (Lipinski definition) is 1. The fraction of sp³-hybridized carbons (Fsp3) is 0.222. The fourth-order valence-electron chi connectivity index (χ4n) is 0.973. The molecule has 2 nitrogen and oxygen atoms in total. The lowest BCUT2D eigenvalue weighted by Crippen LogP contribution is -2.35. The van der Waals surface area contributed by atoms with Crippen molar-refractivity contribution in [2.24, 2.45) is 0 Å². The molecule has 1 heterocycles. The van der Waals surface area contributed by atoms with E-state index in [0.29, 0.717) is 5.75 Å². The fourth-order valence-corrected chi connectivity index (χ4v) is 0.973. The zero-order valence-corrected chi connectivity index (χ0v) is 6.62. The molecule has 0 atom stereocenters. The van der Waals surface area contributed by atoms with Gasteiger partial charge in [-0.15, -0.1) is 0 Å². The van der Waals surface area contributed by atoms with Gasteiger partial charge in [-0.1, -0.05) is 6.58 Å². The summed E-state index contributed by atoms with van der Waals surface area (Å²) in [6, 6.07) is 3.39. The van der Waals surface area contributed by atoms with Crippen LogP contribution in [-0.4, -0.2) is 5.11 Å². The second-order valence-corrected chi connectivity index (χ2v) is 2.47. The average Bonchev–Trinajstić information content (AvgIpc) is 1.95. The summed E-state index contributed by atoms with van der Waals surface area (Å²) in [6.07, 6.45) is 3.66. The molecule has 1 N–H and O–H groups in total. The number of aromatic nitrogens is 1. The Bertz CT molecular complexity index is 268.